The van der Waals surface area contributed by atoms with Crippen LogP contribution in [0.1, 0.15) is 12.8 Å². The Balaban J connectivity index is 1.77. The largest absolute Gasteiger partial charge is 0.349 e. The minimum Gasteiger partial charge on any atom is -0.349 e. The van der Waals surface area contributed by atoms with Crippen LogP contribution >= 0.6 is 0 Å². The van der Waals surface area contributed by atoms with E-state index in [9.17, 15) is 9.59 Å². The van der Waals surface area contributed by atoms with E-state index in [2.05, 4.69) is 5.32 Å². The average molecular weight is 254 g/mol. The molecule has 18 heavy (non-hydrogen) atoms. The van der Waals surface area contributed by atoms with Crippen LogP contribution < -0.4 is 5.32 Å². The molecule has 1 unspecified atom stereocenters. The minimum atomic E-state index is 0.126. The number of hydrogen-bond acceptors (Lipinski definition) is 3. The van der Waals surface area contributed by atoms with Crippen LogP contribution in [-0.4, -0.2) is 79.5 Å². The molecule has 6 nitrogen and oxygen atoms in total. The van der Waals surface area contributed by atoms with Crippen LogP contribution in [0.3, 0.4) is 0 Å². The van der Waals surface area contributed by atoms with E-state index in [4.69, 9.17) is 0 Å². The van der Waals surface area contributed by atoms with Crippen molar-refractivity contribution < 1.29 is 9.59 Å². The van der Waals surface area contributed by atoms with Crippen LogP contribution in [-0.2, 0) is 4.79 Å². The highest BCUT2D eigenvalue weighted by Crippen LogP contribution is 2.17. The van der Waals surface area contributed by atoms with E-state index in [0.29, 0.717) is 19.0 Å². The third-order valence-electron chi connectivity index (χ3n) is 3.62. The highest BCUT2D eigenvalue weighted by molar-refractivity contribution is 5.78. The van der Waals surface area contributed by atoms with E-state index >= 15 is 0 Å². The first-order chi connectivity index (χ1) is 8.59. The molecule has 6 heteroatoms. The summed E-state index contributed by atoms with van der Waals surface area (Å²) in [4.78, 5) is 28.9. The average Bonchev–Trinajstić information content (AvgIpc) is 2.67. The van der Waals surface area contributed by atoms with Crippen LogP contribution in [0.25, 0.3) is 0 Å². The van der Waals surface area contributed by atoms with Gasteiger partial charge in [-0.2, -0.15) is 0 Å². The molecule has 2 aliphatic heterocycles. The van der Waals surface area contributed by atoms with Crippen LogP contribution in [0.4, 0.5) is 4.79 Å². The second kappa shape index (κ2) is 5.56. The lowest BCUT2D eigenvalue weighted by molar-refractivity contribution is -0.128. The molecule has 2 aliphatic rings. The SMILES string of the molecule is CN(C)C(=O)CCCN1CC2CNCCN2C1=O. The Morgan fingerprint density at radius 2 is 2.28 bits per heavy atom. The molecule has 2 saturated heterocycles. The summed E-state index contributed by atoms with van der Waals surface area (Å²) in [5.41, 5.74) is 0. The molecule has 0 aliphatic carbocycles. The zero-order valence-corrected chi connectivity index (χ0v) is 11.2. The fraction of sp³-hybridized carbons (Fsp3) is 0.833. The highest BCUT2D eigenvalue weighted by atomic mass is 16.2. The lowest BCUT2D eigenvalue weighted by Gasteiger charge is -2.28. The molecule has 0 aromatic heterocycles. The van der Waals surface area contributed by atoms with Gasteiger partial charge in [0.15, 0.2) is 0 Å². The summed E-state index contributed by atoms with van der Waals surface area (Å²) in [7, 11) is 3.52. The van der Waals surface area contributed by atoms with Crippen molar-refractivity contribution in [3.8, 4) is 0 Å². The Labute approximate surface area is 108 Å². The summed E-state index contributed by atoms with van der Waals surface area (Å²) in [6.07, 6.45) is 1.26. The van der Waals surface area contributed by atoms with Crippen molar-refractivity contribution in [2.24, 2.45) is 0 Å². The number of nitrogens with one attached hydrogen (secondary N) is 1. The normalized spacial score (nSPS) is 23.2. The van der Waals surface area contributed by atoms with Crippen molar-refractivity contribution in [1.82, 2.24) is 20.0 Å². The van der Waals surface area contributed by atoms with Gasteiger partial charge in [0.25, 0.3) is 0 Å². The van der Waals surface area contributed by atoms with Gasteiger partial charge in [-0.1, -0.05) is 0 Å². The smallest absolute Gasteiger partial charge is 0.320 e. The second-order valence-electron chi connectivity index (χ2n) is 5.17. The molecule has 0 bridgehead atoms. The predicted molar refractivity (Wildman–Crippen MR) is 68.3 cm³/mol. The molecule has 2 fully saturated rings. The van der Waals surface area contributed by atoms with E-state index in [1.54, 1.807) is 19.0 Å². The van der Waals surface area contributed by atoms with Crippen molar-refractivity contribution in [2.75, 3.05) is 46.8 Å². The first-order valence-corrected chi connectivity index (χ1v) is 6.56. The van der Waals surface area contributed by atoms with Gasteiger partial charge in [-0.3, -0.25) is 4.79 Å². The standard InChI is InChI=1S/C12H22N4O2/c1-14(2)11(17)4-3-6-15-9-10-8-13-5-7-16(10)12(15)18/h10,13H,3-9H2,1-2H3. The number of fused-ring (bicyclic) bond motifs is 1. The Hall–Kier alpha value is -1.30. The van der Waals surface area contributed by atoms with Crippen LogP contribution in [0.15, 0.2) is 0 Å². The van der Waals surface area contributed by atoms with Gasteiger partial charge in [0.05, 0.1) is 6.04 Å². The predicted octanol–water partition coefficient (Wildman–Crippen LogP) is -0.436. The lowest BCUT2D eigenvalue weighted by atomic mass is 10.2. The number of urea groups is 1. The number of rotatable bonds is 4. The van der Waals surface area contributed by atoms with E-state index in [-0.39, 0.29) is 11.9 Å². The van der Waals surface area contributed by atoms with Crippen molar-refractivity contribution >= 4 is 11.9 Å². The zero-order valence-electron chi connectivity index (χ0n) is 11.2. The summed E-state index contributed by atoms with van der Waals surface area (Å²) >= 11 is 0. The third-order valence-corrected chi connectivity index (χ3v) is 3.62. The molecule has 1 N–H and O–H groups in total. The zero-order chi connectivity index (χ0) is 13.1. The second-order valence-corrected chi connectivity index (χ2v) is 5.17. The molecule has 0 spiro atoms. The van der Waals surface area contributed by atoms with Gasteiger partial charge in [-0.25, -0.2) is 4.79 Å². The van der Waals surface area contributed by atoms with E-state index in [0.717, 1.165) is 32.6 Å². The summed E-state index contributed by atoms with van der Waals surface area (Å²) < 4.78 is 0. The number of carbonyl (C=O) groups excluding carboxylic acids is 2. The summed E-state index contributed by atoms with van der Waals surface area (Å²) in [6, 6.07) is 0.453. The molecule has 2 rings (SSSR count). The number of hydrogen-bond donors (Lipinski definition) is 1. The monoisotopic (exact) mass is 254 g/mol. The van der Waals surface area contributed by atoms with E-state index in [1.165, 1.54) is 0 Å². The van der Waals surface area contributed by atoms with Crippen molar-refractivity contribution in [3.05, 3.63) is 0 Å². The van der Waals surface area contributed by atoms with Gasteiger partial charge >= 0.3 is 6.03 Å². The number of amides is 3. The fourth-order valence-corrected chi connectivity index (χ4v) is 2.52. The molecular weight excluding hydrogens is 232 g/mol. The van der Waals surface area contributed by atoms with E-state index < -0.39 is 0 Å². The maximum absolute atomic E-state index is 12.1. The molecule has 0 saturated carbocycles. The lowest BCUT2D eigenvalue weighted by Crippen LogP contribution is -2.49. The van der Waals surface area contributed by atoms with Gasteiger partial charge < -0.3 is 20.0 Å². The van der Waals surface area contributed by atoms with Gasteiger partial charge in [-0.15, -0.1) is 0 Å². The first kappa shape index (κ1) is 13.1. The van der Waals surface area contributed by atoms with Crippen LogP contribution in [0, 0.1) is 0 Å². The molecule has 2 heterocycles. The highest BCUT2D eigenvalue weighted by Gasteiger charge is 2.37. The van der Waals surface area contributed by atoms with Gasteiger partial charge in [-0.05, 0) is 6.42 Å². The van der Waals surface area contributed by atoms with Crippen molar-refractivity contribution in [2.45, 2.75) is 18.9 Å². The maximum Gasteiger partial charge on any atom is 0.320 e. The van der Waals surface area contributed by atoms with Gasteiger partial charge in [0.1, 0.15) is 0 Å². The summed E-state index contributed by atoms with van der Waals surface area (Å²) in [5.74, 6) is 0.126. The van der Waals surface area contributed by atoms with Crippen LogP contribution in [0.2, 0.25) is 0 Å². The van der Waals surface area contributed by atoms with Gasteiger partial charge in [0.2, 0.25) is 5.91 Å². The number of carbonyl (C=O) groups is 2. The van der Waals surface area contributed by atoms with Crippen molar-refractivity contribution in [1.29, 1.82) is 0 Å². The minimum absolute atomic E-state index is 0.126. The van der Waals surface area contributed by atoms with Gasteiger partial charge in [0, 0.05) is 53.2 Å². The van der Waals surface area contributed by atoms with Crippen molar-refractivity contribution in [3.63, 3.8) is 0 Å². The molecule has 102 valence electrons. The Morgan fingerprint density at radius 1 is 1.50 bits per heavy atom. The van der Waals surface area contributed by atoms with Crippen LogP contribution in [0.5, 0.6) is 0 Å². The Bertz CT molecular complexity index is 332. The molecule has 0 radical (unpaired) electrons. The number of piperazine rings is 1. The maximum atomic E-state index is 12.1. The topological polar surface area (TPSA) is 55.9 Å². The molecular formula is C12H22N4O2. The fourth-order valence-electron chi connectivity index (χ4n) is 2.52. The third kappa shape index (κ3) is 2.75. The summed E-state index contributed by atoms with van der Waals surface area (Å²) in [5, 5.41) is 3.31. The first-order valence-electron chi connectivity index (χ1n) is 6.56. The molecule has 0 aromatic rings. The Morgan fingerprint density at radius 3 is 2.94 bits per heavy atom. The molecule has 0 aromatic carbocycles. The Kier molecular flexibility index (Phi) is 4.06. The van der Waals surface area contributed by atoms with E-state index in [1.807, 2.05) is 9.80 Å². The molecule has 3 amide bonds. The quantitative estimate of drug-likeness (QED) is 0.740. The number of nitrogens with zero attached hydrogens (tertiary/aromatic N) is 3. The summed E-state index contributed by atoms with van der Waals surface area (Å²) in [6.45, 7) is 4.05. The molecule has 1 atom stereocenters.